The second kappa shape index (κ2) is 3.10. The maximum Gasteiger partial charge on any atom is 0.0695 e. The summed E-state index contributed by atoms with van der Waals surface area (Å²) in [5.74, 6) is 0. The predicted molar refractivity (Wildman–Crippen MR) is 44.1 cm³/mol. The smallest absolute Gasteiger partial charge is 0.0695 e. The van der Waals surface area contributed by atoms with Crippen molar-refractivity contribution >= 4 is 15.9 Å². The zero-order chi connectivity index (χ0) is 7.56. The van der Waals surface area contributed by atoms with Crippen LogP contribution < -0.4 is 0 Å². The van der Waals surface area contributed by atoms with Gasteiger partial charge >= 0.3 is 0 Å². The van der Waals surface area contributed by atoms with E-state index in [1.54, 1.807) is 6.20 Å². The Morgan fingerprint density at radius 3 is 2.60 bits per heavy atom. The van der Waals surface area contributed by atoms with Crippen LogP contribution in [-0.2, 0) is 5.33 Å². The summed E-state index contributed by atoms with van der Waals surface area (Å²) in [4.78, 5) is 8.44. The molecular formula is C7H9BrN2. The molecule has 0 aliphatic carbocycles. The predicted octanol–water partition coefficient (Wildman–Crippen LogP) is 1.99. The van der Waals surface area contributed by atoms with Crippen molar-refractivity contribution in [3.8, 4) is 0 Å². The highest BCUT2D eigenvalue weighted by Gasteiger charge is 1.95. The van der Waals surface area contributed by atoms with E-state index < -0.39 is 0 Å². The molecule has 10 heavy (non-hydrogen) atoms. The number of aryl methyl sites for hydroxylation is 2. The number of halogens is 1. The van der Waals surface area contributed by atoms with Crippen molar-refractivity contribution in [1.29, 1.82) is 0 Å². The molecule has 0 aliphatic heterocycles. The molecule has 0 saturated heterocycles. The number of aromatic nitrogens is 2. The Morgan fingerprint density at radius 1 is 1.40 bits per heavy atom. The quantitative estimate of drug-likeness (QED) is 0.649. The minimum absolute atomic E-state index is 0.779. The normalized spacial score (nSPS) is 9.90. The van der Waals surface area contributed by atoms with Crippen LogP contribution >= 0.6 is 15.9 Å². The summed E-state index contributed by atoms with van der Waals surface area (Å²) in [6, 6.07) is 0. The SMILES string of the molecule is Cc1ncc(CBr)nc1C. The van der Waals surface area contributed by atoms with Gasteiger partial charge in [0.2, 0.25) is 0 Å². The van der Waals surface area contributed by atoms with E-state index >= 15 is 0 Å². The van der Waals surface area contributed by atoms with Crippen LogP contribution in [0.3, 0.4) is 0 Å². The van der Waals surface area contributed by atoms with Crippen molar-refractivity contribution in [2.45, 2.75) is 19.2 Å². The van der Waals surface area contributed by atoms with Crippen LogP contribution in [0.25, 0.3) is 0 Å². The number of nitrogens with zero attached hydrogens (tertiary/aromatic N) is 2. The third-order valence-electron chi connectivity index (χ3n) is 1.38. The molecule has 54 valence electrons. The van der Waals surface area contributed by atoms with Crippen LogP contribution in [0.5, 0.6) is 0 Å². The van der Waals surface area contributed by atoms with Gasteiger partial charge in [0.1, 0.15) is 0 Å². The summed E-state index contributed by atoms with van der Waals surface area (Å²) >= 11 is 3.31. The molecule has 0 aliphatic rings. The third-order valence-corrected chi connectivity index (χ3v) is 1.95. The molecule has 0 atom stereocenters. The molecule has 1 heterocycles. The van der Waals surface area contributed by atoms with Crippen molar-refractivity contribution in [2.75, 3.05) is 0 Å². The van der Waals surface area contributed by atoms with E-state index in [-0.39, 0.29) is 0 Å². The first-order valence-electron chi connectivity index (χ1n) is 3.09. The Balaban J connectivity index is 3.04. The Morgan fingerprint density at radius 2 is 2.10 bits per heavy atom. The Kier molecular flexibility index (Phi) is 2.38. The third kappa shape index (κ3) is 1.53. The van der Waals surface area contributed by atoms with Gasteiger partial charge in [-0.3, -0.25) is 9.97 Å². The van der Waals surface area contributed by atoms with E-state index in [9.17, 15) is 0 Å². The summed E-state index contributed by atoms with van der Waals surface area (Å²) in [5, 5.41) is 0.779. The lowest BCUT2D eigenvalue weighted by molar-refractivity contribution is 0.997. The maximum absolute atomic E-state index is 4.28. The fraction of sp³-hybridized carbons (Fsp3) is 0.429. The fourth-order valence-corrected chi connectivity index (χ4v) is 0.924. The molecule has 0 aromatic carbocycles. The molecule has 0 N–H and O–H groups in total. The molecule has 1 rings (SSSR count). The number of rotatable bonds is 1. The van der Waals surface area contributed by atoms with Gasteiger partial charge < -0.3 is 0 Å². The zero-order valence-corrected chi connectivity index (χ0v) is 7.64. The first kappa shape index (κ1) is 7.66. The van der Waals surface area contributed by atoms with Crippen molar-refractivity contribution in [3.05, 3.63) is 23.3 Å². The molecule has 1 aromatic heterocycles. The summed E-state index contributed by atoms with van der Waals surface area (Å²) in [7, 11) is 0. The molecular weight excluding hydrogens is 192 g/mol. The van der Waals surface area contributed by atoms with E-state index in [1.807, 2.05) is 13.8 Å². The lowest BCUT2D eigenvalue weighted by Gasteiger charge is -1.98. The summed E-state index contributed by atoms with van der Waals surface area (Å²) in [6.45, 7) is 3.93. The summed E-state index contributed by atoms with van der Waals surface area (Å²) in [5.41, 5.74) is 3.00. The molecule has 1 aromatic rings. The summed E-state index contributed by atoms with van der Waals surface area (Å²) in [6.07, 6.45) is 1.79. The highest BCUT2D eigenvalue weighted by atomic mass is 79.9. The molecule has 0 fully saturated rings. The fourth-order valence-electron chi connectivity index (χ4n) is 0.654. The van der Waals surface area contributed by atoms with Crippen molar-refractivity contribution in [2.24, 2.45) is 0 Å². The average molecular weight is 201 g/mol. The van der Waals surface area contributed by atoms with Gasteiger partial charge in [-0.25, -0.2) is 0 Å². The van der Waals surface area contributed by atoms with Gasteiger partial charge in [0.15, 0.2) is 0 Å². The van der Waals surface area contributed by atoms with Crippen LogP contribution in [-0.4, -0.2) is 9.97 Å². The Hall–Kier alpha value is -0.440. The molecule has 0 bridgehead atoms. The topological polar surface area (TPSA) is 25.8 Å². The van der Waals surface area contributed by atoms with Crippen LogP contribution in [0.4, 0.5) is 0 Å². The van der Waals surface area contributed by atoms with Crippen LogP contribution in [0.15, 0.2) is 6.20 Å². The van der Waals surface area contributed by atoms with Gasteiger partial charge in [-0.05, 0) is 13.8 Å². The number of hydrogen-bond acceptors (Lipinski definition) is 2. The van der Waals surface area contributed by atoms with E-state index in [1.165, 1.54) is 0 Å². The van der Waals surface area contributed by atoms with E-state index in [0.29, 0.717) is 0 Å². The highest BCUT2D eigenvalue weighted by Crippen LogP contribution is 2.03. The molecule has 0 radical (unpaired) electrons. The lowest BCUT2D eigenvalue weighted by atomic mass is 10.3. The van der Waals surface area contributed by atoms with Gasteiger partial charge in [0.05, 0.1) is 17.1 Å². The van der Waals surface area contributed by atoms with Crippen molar-refractivity contribution in [1.82, 2.24) is 9.97 Å². The van der Waals surface area contributed by atoms with Crippen molar-refractivity contribution in [3.63, 3.8) is 0 Å². The van der Waals surface area contributed by atoms with Crippen LogP contribution in [0.1, 0.15) is 17.1 Å². The highest BCUT2D eigenvalue weighted by molar-refractivity contribution is 9.08. The first-order chi connectivity index (χ1) is 4.74. The second-order valence-corrected chi connectivity index (χ2v) is 2.73. The van der Waals surface area contributed by atoms with Gasteiger partial charge in [-0.2, -0.15) is 0 Å². The Bertz CT molecular complexity index is 235. The zero-order valence-electron chi connectivity index (χ0n) is 6.06. The van der Waals surface area contributed by atoms with Gasteiger partial charge in [-0.1, -0.05) is 15.9 Å². The van der Waals surface area contributed by atoms with Crippen LogP contribution in [0.2, 0.25) is 0 Å². The molecule has 0 spiro atoms. The Labute approximate surface area is 68.8 Å². The molecule has 0 amide bonds. The molecule has 3 heteroatoms. The van der Waals surface area contributed by atoms with E-state index in [0.717, 1.165) is 22.4 Å². The maximum atomic E-state index is 4.28. The van der Waals surface area contributed by atoms with E-state index in [4.69, 9.17) is 0 Å². The van der Waals surface area contributed by atoms with E-state index in [2.05, 4.69) is 25.9 Å². The average Bonchev–Trinajstić information content (AvgIpc) is 1.95. The second-order valence-electron chi connectivity index (χ2n) is 2.17. The molecule has 2 nitrogen and oxygen atoms in total. The van der Waals surface area contributed by atoms with Gasteiger partial charge in [0.25, 0.3) is 0 Å². The van der Waals surface area contributed by atoms with Gasteiger partial charge in [0, 0.05) is 11.5 Å². The minimum atomic E-state index is 0.779. The number of hydrogen-bond donors (Lipinski definition) is 0. The first-order valence-corrected chi connectivity index (χ1v) is 4.21. The summed E-state index contributed by atoms with van der Waals surface area (Å²) < 4.78 is 0. The molecule has 0 unspecified atom stereocenters. The molecule has 0 saturated carbocycles. The lowest BCUT2D eigenvalue weighted by Crippen LogP contribution is -1.94. The standard InChI is InChI=1S/C7H9BrN2/c1-5-6(2)10-7(3-8)4-9-5/h4H,3H2,1-2H3. The van der Waals surface area contributed by atoms with Gasteiger partial charge in [-0.15, -0.1) is 0 Å². The monoisotopic (exact) mass is 200 g/mol. The van der Waals surface area contributed by atoms with Crippen molar-refractivity contribution < 1.29 is 0 Å². The largest absolute Gasteiger partial charge is 0.258 e. The van der Waals surface area contributed by atoms with Crippen LogP contribution in [0, 0.1) is 13.8 Å². The minimum Gasteiger partial charge on any atom is -0.258 e. The number of alkyl halides is 1.